The number of thiophene rings is 1. The van der Waals surface area contributed by atoms with Crippen LogP contribution in [0.2, 0.25) is 0 Å². The molecule has 0 spiro atoms. The van der Waals surface area contributed by atoms with E-state index in [1.165, 1.54) is 53.4 Å². The molecule has 0 aliphatic heterocycles. The second-order valence-corrected chi connectivity index (χ2v) is 6.28. The highest BCUT2D eigenvalue weighted by Gasteiger charge is 2.16. The molecule has 0 radical (unpaired) electrons. The fraction of sp³-hybridized carbons (Fsp3) is 0.357. The van der Waals surface area contributed by atoms with Crippen LogP contribution >= 0.6 is 11.3 Å². The fourth-order valence-electron chi connectivity index (χ4n) is 2.44. The Kier molecular flexibility index (Phi) is 4.38. The molecule has 0 bridgehead atoms. The van der Waals surface area contributed by atoms with Crippen molar-refractivity contribution < 1.29 is 9.59 Å². The molecule has 7 nitrogen and oxygen atoms in total. The zero-order chi connectivity index (χ0) is 15.4. The summed E-state index contributed by atoms with van der Waals surface area (Å²) < 4.78 is 0. The summed E-state index contributed by atoms with van der Waals surface area (Å²) in [6.45, 7) is 0. The third-order valence-electron chi connectivity index (χ3n) is 3.52. The lowest BCUT2D eigenvalue weighted by molar-refractivity contribution is 0.0942. The second-order valence-electron chi connectivity index (χ2n) is 5.14. The monoisotopic (exact) mass is 319 g/mol. The van der Waals surface area contributed by atoms with E-state index in [4.69, 9.17) is 0 Å². The molecule has 22 heavy (non-hydrogen) atoms. The summed E-state index contributed by atoms with van der Waals surface area (Å²) in [5.41, 5.74) is 6.54. The van der Waals surface area contributed by atoms with E-state index in [0.717, 1.165) is 12.8 Å². The highest BCUT2D eigenvalue weighted by Crippen LogP contribution is 2.28. The molecule has 0 saturated heterocycles. The first-order valence-electron chi connectivity index (χ1n) is 7.20. The smallest absolute Gasteiger partial charge is 0.304 e. The molecule has 3 rings (SSSR count). The molecule has 0 fully saturated rings. The molecule has 0 aromatic carbocycles. The van der Waals surface area contributed by atoms with Gasteiger partial charge in [0.05, 0.1) is 16.8 Å². The Bertz CT molecular complexity index is 641. The summed E-state index contributed by atoms with van der Waals surface area (Å²) in [6, 6.07) is 1.42. The maximum atomic E-state index is 12.1. The number of urea groups is 1. The van der Waals surface area contributed by atoms with Gasteiger partial charge in [-0.3, -0.25) is 15.3 Å². The van der Waals surface area contributed by atoms with Crippen LogP contribution in [0.4, 0.5) is 10.5 Å². The lowest BCUT2D eigenvalue weighted by Gasteiger charge is -2.06. The van der Waals surface area contributed by atoms with Crippen molar-refractivity contribution in [1.29, 1.82) is 0 Å². The third-order valence-corrected chi connectivity index (χ3v) is 4.75. The number of H-pyrrole nitrogens is 1. The fourth-order valence-corrected chi connectivity index (χ4v) is 3.58. The van der Waals surface area contributed by atoms with E-state index in [9.17, 15) is 9.59 Å². The van der Waals surface area contributed by atoms with E-state index < -0.39 is 6.03 Å². The summed E-state index contributed by atoms with van der Waals surface area (Å²) in [5.74, 6) is -0.291. The third kappa shape index (κ3) is 3.45. The van der Waals surface area contributed by atoms with Gasteiger partial charge in [0, 0.05) is 11.1 Å². The average Bonchev–Trinajstić information content (AvgIpc) is 3.10. The SMILES string of the molecule is O=C(NNC(=O)c1cc2c(s1)CCCCC2)Nc1cn[nH]c1. The number of anilines is 1. The minimum Gasteiger partial charge on any atom is -0.304 e. The van der Waals surface area contributed by atoms with Gasteiger partial charge in [0.15, 0.2) is 0 Å². The van der Waals surface area contributed by atoms with Crippen molar-refractivity contribution >= 4 is 29.0 Å². The minimum atomic E-state index is -0.520. The highest BCUT2D eigenvalue weighted by molar-refractivity contribution is 7.14. The van der Waals surface area contributed by atoms with Crippen molar-refractivity contribution in [3.05, 3.63) is 33.8 Å². The maximum Gasteiger partial charge on any atom is 0.338 e. The van der Waals surface area contributed by atoms with Gasteiger partial charge in [-0.1, -0.05) is 6.42 Å². The number of hydrogen-bond donors (Lipinski definition) is 4. The molecule has 1 aliphatic rings. The van der Waals surface area contributed by atoms with Gasteiger partial charge in [0.25, 0.3) is 5.91 Å². The topological polar surface area (TPSA) is 98.9 Å². The van der Waals surface area contributed by atoms with Crippen LogP contribution in [0.5, 0.6) is 0 Å². The number of aromatic nitrogens is 2. The van der Waals surface area contributed by atoms with Crippen molar-refractivity contribution in [3.8, 4) is 0 Å². The Morgan fingerprint density at radius 3 is 2.86 bits per heavy atom. The number of hydrogen-bond acceptors (Lipinski definition) is 4. The number of hydrazine groups is 1. The molecule has 0 saturated carbocycles. The van der Waals surface area contributed by atoms with Crippen LogP contribution in [-0.4, -0.2) is 22.1 Å². The summed E-state index contributed by atoms with van der Waals surface area (Å²) in [7, 11) is 0. The molecule has 2 heterocycles. The maximum absolute atomic E-state index is 12.1. The molecule has 8 heteroatoms. The Balaban J connectivity index is 1.54. The van der Waals surface area contributed by atoms with Crippen LogP contribution in [0.1, 0.15) is 39.4 Å². The van der Waals surface area contributed by atoms with Crippen molar-refractivity contribution in [2.24, 2.45) is 0 Å². The zero-order valence-corrected chi connectivity index (χ0v) is 12.8. The largest absolute Gasteiger partial charge is 0.338 e. The van der Waals surface area contributed by atoms with Crippen LogP contribution in [0.15, 0.2) is 18.5 Å². The van der Waals surface area contributed by atoms with Crippen LogP contribution in [-0.2, 0) is 12.8 Å². The van der Waals surface area contributed by atoms with Crippen LogP contribution in [0.3, 0.4) is 0 Å². The predicted molar refractivity (Wildman–Crippen MR) is 83.8 cm³/mol. The van der Waals surface area contributed by atoms with E-state index in [1.807, 2.05) is 6.07 Å². The van der Waals surface area contributed by atoms with E-state index in [0.29, 0.717) is 10.6 Å². The van der Waals surface area contributed by atoms with E-state index in [1.54, 1.807) is 0 Å². The molecule has 2 aromatic rings. The van der Waals surface area contributed by atoms with Gasteiger partial charge in [-0.05, 0) is 37.3 Å². The number of nitrogens with one attached hydrogen (secondary N) is 4. The number of rotatable bonds is 2. The lowest BCUT2D eigenvalue weighted by Crippen LogP contribution is -2.43. The number of nitrogens with zero attached hydrogens (tertiary/aromatic N) is 1. The highest BCUT2D eigenvalue weighted by atomic mass is 32.1. The molecule has 4 N–H and O–H groups in total. The first-order chi connectivity index (χ1) is 10.7. The molecule has 0 atom stereocenters. The molecule has 1 aliphatic carbocycles. The Morgan fingerprint density at radius 1 is 1.18 bits per heavy atom. The van der Waals surface area contributed by atoms with Crippen LogP contribution < -0.4 is 16.2 Å². The summed E-state index contributed by atoms with van der Waals surface area (Å²) in [5, 5.41) is 8.82. The van der Waals surface area contributed by atoms with Gasteiger partial charge >= 0.3 is 6.03 Å². The number of amides is 3. The standard InChI is InChI=1S/C14H17N5O2S/c20-13(18-19-14(21)17-10-7-15-16-8-10)12-6-9-4-2-1-3-5-11(9)22-12/h6-8H,1-5H2,(H,15,16)(H,18,20)(H2,17,19,21). The Hall–Kier alpha value is -2.35. The number of carbonyl (C=O) groups is 2. The lowest BCUT2D eigenvalue weighted by atomic mass is 10.1. The first kappa shape index (κ1) is 14.6. The predicted octanol–water partition coefficient (Wildman–Crippen LogP) is 2.21. The van der Waals surface area contributed by atoms with Crippen LogP contribution in [0, 0.1) is 0 Å². The van der Waals surface area contributed by atoms with Gasteiger partial charge in [-0.15, -0.1) is 11.3 Å². The summed E-state index contributed by atoms with van der Waals surface area (Å²) in [4.78, 5) is 25.6. The zero-order valence-electron chi connectivity index (χ0n) is 11.9. The van der Waals surface area contributed by atoms with Gasteiger partial charge < -0.3 is 5.32 Å². The average molecular weight is 319 g/mol. The normalized spacial score (nSPS) is 13.8. The number of aryl methyl sites for hydroxylation is 2. The van der Waals surface area contributed by atoms with Gasteiger partial charge in [-0.2, -0.15) is 5.10 Å². The minimum absolute atomic E-state index is 0.291. The molecular weight excluding hydrogens is 302 g/mol. The van der Waals surface area contributed by atoms with Crippen LogP contribution in [0.25, 0.3) is 0 Å². The summed E-state index contributed by atoms with van der Waals surface area (Å²) in [6.07, 6.45) is 8.69. The van der Waals surface area contributed by atoms with E-state index >= 15 is 0 Å². The van der Waals surface area contributed by atoms with Gasteiger partial charge in [-0.25, -0.2) is 10.2 Å². The quantitative estimate of drug-likeness (QED) is 0.504. The van der Waals surface area contributed by atoms with Crippen molar-refractivity contribution in [2.75, 3.05) is 5.32 Å². The Labute approximate surface area is 131 Å². The van der Waals surface area contributed by atoms with E-state index in [2.05, 4.69) is 26.4 Å². The van der Waals surface area contributed by atoms with Crippen molar-refractivity contribution in [2.45, 2.75) is 32.1 Å². The number of aromatic amines is 1. The van der Waals surface area contributed by atoms with E-state index in [-0.39, 0.29) is 5.91 Å². The number of carbonyl (C=O) groups excluding carboxylic acids is 2. The molecule has 116 valence electrons. The molecular formula is C14H17N5O2S. The van der Waals surface area contributed by atoms with Gasteiger partial charge in [0.1, 0.15) is 0 Å². The molecule has 0 unspecified atom stereocenters. The molecule has 2 aromatic heterocycles. The first-order valence-corrected chi connectivity index (χ1v) is 8.02. The van der Waals surface area contributed by atoms with Crippen molar-refractivity contribution in [1.82, 2.24) is 21.0 Å². The molecule has 3 amide bonds. The van der Waals surface area contributed by atoms with Gasteiger partial charge in [0.2, 0.25) is 0 Å². The summed E-state index contributed by atoms with van der Waals surface area (Å²) >= 11 is 1.52. The number of fused-ring (bicyclic) bond motifs is 1. The second kappa shape index (κ2) is 6.61. The Morgan fingerprint density at radius 2 is 2.05 bits per heavy atom. The van der Waals surface area contributed by atoms with Crippen molar-refractivity contribution in [3.63, 3.8) is 0 Å².